The highest BCUT2D eigenvalue weighted by molar-refractivity contribution is 7.98. The second-order valence-electron chi connectivity index (χ2n) is 5.03. The number of hydrogen-bond acceptors (Lipinski definition) is 4. The lowest BCUT2D eigenvalue weighted by Gasteiger charge is -2.31. The van der Waals surface area contributed by atoms with Crippen molar-refractivity contribution in [3.8, 4) is 0 Å². The number of nitrogens with zero attached hydrogens (tertiary/aromatic N) is 1. The van der Waals surface area contributed by atoms with E-state index in [1.165, 1.54) is 24.9 Å². The molecule has 0 aromatic carbocycles. The summed E-state index contributed by atoms with van der Waals surface area (Å²) in [6, 6.07) is 0. The molecule has 108 valence electrons. The summed E-state index contributed by atoms with van der Waals surface area (Å²) in [6.45, 7) is 3.39. The molecule has 4 nitrogen and oxygen atoms in total. The van der Waals surface area contributed by atoms with Gasteiger partial charge in [-0.3, -0.25) is 0 Å². The Morgan fingerprint density at radius 3 is 2.83 bits per heavy atom. The summed E-state index contributed by atoms with van der Waals surface area (Å²) in [5.74, 6) is 1.71. The van der Waals surface area contributed by atoms with E-state index in [-0.39, 0.29) is 0 Å². The first-order chi connectivity index (χ1) is 8.54. The molecular weight excluding hydrogens is 268 g/mol. The molecule has 0 saturated carbocycles. The van der Waals surface area contributed by atoms with Crippen molar-refractivity contribution < 1.29 is 8.42 Å². The molecule has 0 amide bonds. The van der Waals surface area contributed by atoms with E-state index in [0.29, 0.717) is 19.0 Å². The molecule has 1 aliphatic rings. The van der Waals surface area contributed by atoms with Crippen molar-refractivity contribution in [2.24, 2.45) is 5.92 Å². The number of nitrogens with one attached hydrogen (secondary N) is 1. The number of thioether (sulfide) groups is 1. The van der Waals surface area contributed by atoms with E-state index in [1.54, 1.807) is 4.31 Å². The van der Waals surface area contributed by atoms with Gasteiger partial charge >= 0.3 is 0 Å². The third kappa shape index (κ3) is 6.41. The molecule has 18 heavy (non-hydrogen) atoms. The van der Waals surface area contributed by atoms with Crippen LogP contribution < -0.4 is 5.32 Å². The summed E-state index contributed by atoms with van der Waals surface area (Å²) in [5.41, 5.74) is 0. The fraction of sp³-hybridized carbons (Fsp3) is 1.00. The summed E-state index contributed by atoms with van der Waals surface area (Å²) in [5, 5.41) is 3.46. The number of rotatable bonds is 8. The second kappa shape index (κ2) is 8.40. The third-order valence-electron chi connectivity index (χ3n) is 3.34. The Bertz CT molecular complexity index is 320. The van der Waals surface area contributed by atoms with Crippen molar-refractivity contribution >= 4 is 21.8 Å². The Kier molecular flexibility index (Phi) is 7.60. The van der Waals surface area contributed by atoms with E-state index >= 15 is 0 Å². The van der Waals surface area contributed by atoms with Crippen molar-refractivity contribution in [3.63, 3.8) is 0 Å². The quantitative estimate of drug-likeness (QED) is 0.687. The van der Waals surface area contributed by atoms with Gasteiger partial charge in [-0.2, -0.15) is 11.8 Å². The van der Waals surface area contributed by atoms with Crippen LogP contribution in [0.25, 0.3) is 0 Å². The molecule has 0 radical (unpaired) electrons. The molecule has 1 rings (SSSR count). The second-order valence-corrected chi connectivity index (χ2v) is 8.00. The molecule has 0 aromatic rings. The van der Waals surface area contributed by atoms with Crippen LogP contribution in [0.1, 0.15) is 25.7 Å². The van der Waals surface area contributed by atoms with Crippen molar-refractivity contribution in [2.75, 3.05) is 44.4 Å². The van der Waals surface area contributed by atoms with E-state index in [2.05, 4.69) is 11.6 Å². The number of hydrogen-bond donors (Lipinski definition) is 1. The van der Waals surface area contributed by atoms with Crippen molar-refractivity contribution in [1.82, 2.24) is 9.62 Å². The minimum Gasteiger partial charge on any atom is -0.316 e. The zero-order valence-corrected chi connectivity index (χ0v) is 13.2. The van der Waals surface area contributed by atoms with Gasteiger partial charge in [0, 0.05) is 13.1 Å². The Morgan fingerprint density at radius 1 is 1.39 bits per heavy atom. The van der Waals surface area contributed by atoms with Crippen molar-refractivity contribution in [3.05, 3.63) is 0 Å². The van der Waals surface area contributed by atoms with Crippen LogP contribution in [0.4, 0.5) is 0 Å². The van der Waals surface area contributed by atoms with E-state index in [1.807, 2.05) is 11.8 Å². The molecule has 1 N–H and O–H groups in total. The first kappa shape index (κ1) is 16.3. The van der Waals surface area contributed by atoms with Gasteiger partial charge in [-0.15, -0.1) is 0 Å². The molecule has 0 bridgehead atoms. The molecule has 0 spiro atoms. The van der Waals surface area contributed by atoms with Gasteiger partial charge in [0.2, 0.25) is 10.0 Å². The third-order valence-corrected chi connectivity index (χ3v) is 5.30. The Morgan fingerprint density at radius 2 is 2.17 bits per heavy atom. The van der Waals surface area contributed by atoms with Crippen LogP contribution in [0.3, 0.4) is 0 Å². The smallest absolute Gasteiger partial charge is 0.211 e. The predicted molar refractivity (Wildman–Crippen MR) is 79.6 cm³/mol. The zero-order valence-electron chi connectivity index (χ0n) is 11.5. The van der Waals surface area contributed by atoms with Crippen LogP contribution in [0.15, 0.2) is 0 Å². The predicted octanol–water partition coefficient (Wildman–Crippen LogP) is 1.39. The SMILES string of the molecule is CSCCCCNCC1CCCN(S(C)(=O)=O)C1. The molecule has 1 fully saturated rings. The lowest BCUT2D eigenvalue weighted by Crippen LogP contribution is -2.42. The topological polar surface area (TPSA) is 49.4 Å². The summed E-state index contributed by atoms with van der Waals surface area (Å²) < 4.78 is 24.6. The molecule has 1 heterocycles. The van der Waals surface area contributed by atoms with Gasteiger partial charge < -0.3 is 5.32 Å². The van der Waals surface area contributed by atoms with Gasteiger partial charge in [0.15, 0.2) is 0 Å². The highest BCUT2D eigenvalue weighted by Gasteiger charge is 2.25. The Hall–Kier alpha value is 0.220. The van der Waals surface area contributed by atoms with Crippen LogP contribution in [-0.2, 0) is 10.0 Å². The van der Waals surface area contributed by atoms with E-state index < -0.39 is 10.0 Å². The number of sulfonamides is 1. The molecule has 0 aliphatic carbocycles. The van der Waals surface area contributed by atoms with Crippen molar-refractivity contribution in [1.29, 1.82) is 0 Å². The van der Waals surface area contributed by atoms with Crippen LogP contribution in [-0.4, -0.2) is 57.2 Å². The maximum atomic E-state index is 11.5. The minimum atomic E-state index is -3.00. The molecule has 1 unspecified atom stereocenters. The average molecular weight is 294 g/mol. The number of unbranched alkanes of at least 4 members (excludes halogenated alkanes) is 1. The van der Waals surface area contributed by atoms with Gasteiger partial charge in [0.05, 0.1) is 6.26 Å². The standard InChI is InChI=1S/C12H26N2O2S2/c1-17-9-4-3-7-13-10-12-6-5-8-14(11-12)18(2,15)16/h12-13H,3-11H2,1-2H3. The zero-order chi connectivity index (χ0) is 13.4. The number of piperidine rings is 1. The molecule has 0 aromatic heterocycles. The summed E-state index contributed by atoms with van der Waals surface area (Å²) in [4.78, 5) is 0. The van der Waals surface area contributed by atoms with Crippen molar-refractivity contribution in [2.45, 2.75) is 25.7 Å². The first-order valence-corrected chi connectivity index (χ1v) is 9.93. The van der Waals surface area contributed by atoms with Crippen LogP contribution in [0.2, 0.25) is 0 Å². The maximum absolute atomic E-state index is 11.5. The van der Waals surface area contributed by atoms with Crippen LogP contribution >= 0.6 is 11.8 Å². The molecule has 1 atom stereocenters. The average Bonchev–Trinajstić information content (AvgIpc) is 2.33. The first-order valence-electron chi connectivity index (χ1n) is 6.69. The van der Waals surface area contributed by atoms with Gasteiger partial charge in [0.1, 0.15) is 0 Å². The highest BCUT2D eigenvalue weighted by atomic mass is 32.2. The highest BCUT2D eigenvalue weighted by Crippen LogP contribution is 2.17. The van der Waals surface area contributed by atoms with Gasteiger partial charge in [-0.25, -0.2) is 12.7 Å². The molecule has 1 saturated heterocycles. The Labute approximate surface area is 116 Å². The molecule has 1 aliphatic heterocycles. The summed E-state index contributed by atoms with van der Waals surface area (Å²) in [6.07, 6.45) is 8.05. The van der Waals surface area contributed by atoms with E-state index in [4.69, 9.17) is 0 Å². The van der Waals surface area contributed by atoms with E-state index in [9.17, 15) is 8.42 Å². The molecule has 6 heteroatoms. The van der Waals surface area contributed by atoms with E-state index in [0.717, 1.165) is 25.9 Å². The Balaban J connectivity index is 2.15. The van der Waals surface area contributed by atoms with Crippen LogP contribution in [0.5, 0.6) is 0 Å². The largest absolute Gasteiger partial charge is 0.316 e. The monoisotopic (exact) mass is 294 g/mol. The van der Waals surface area contributed by atoms with Gasteiger partial charge in [-0.1, -0.05) is 0 Å². The summed E-state index contributed by atoms with van der Waals surface area (Å²) >= 11 is 1.89. The van der Waals surface area contributed by atoms with Gasteiger partial charge in [-0.05, 0) is 56.7 Å². The fourth-order valence-electron chi connectivity index (χ4n) is 2.30. The lowest BCUT2D eigenvalue weighted by molar-refractivity contribution is 0.261. The normalized spacial score (nSPS) is 22.2. The fourth-order valence-corrected chi connectivity index (χ4v) is 3.73. The van der Waals surface area contributed by atoms with Gasteiger partial charge in [0.25, 0.3) is 0 Å². The summed E-state index contributed by atoms with van der Waals surface area (Å²) in [7, 11) is -3.00. The van der Waals surface area contributed by atoms with Crippen LogP contribution in [0, 0.1) is 5.92 Å². The lowest BCUT2D eigenvalue weighted by atomic mass is 10.00. The molecular formula is C12H26N2O2S2. The minimum absolute atomic E-state index is 0.481. The maximum Gasteiger partial charge on any atom is 0.211 e.